The van der Waals surface area contributed by atoms with Crippen molar-refractivity contribution in [3.63, 3.8) is 0 Å². The molecule has 1 heterocycles. The van der Waals surface area contributed by atoms with Crippen molar-refractivity contribution in [1.29, 1.82) is 0 Å². The van der Waals surface area contributed by atoms with Gasteiger partial charge >= 0.3 is 0 Å². The molecule has 0 aliphatic carbocycles. The van der Waals surface area contributed by atoms with E-state index in [1.165, 1.54) is 0 Å². The Balaban J connectivity index is 2.73. The first-order valence-corrected chi connectivity index (χ1v) is 3.76. The summed E-state index contributed by atoms with van der Waals surface area (Å²) >= 11 is 0. The average Bonchev–Trinajstić information content (AvgIpc) is 2.07. The molecule has 0 spiro atoms. The van der Waals surface area contributed by atoms with Crippen LogP contribution in [0.5, 0.6) is 0 Å². The molecule has 0 bridgehead atoms. The van der Waals surface area contributed by atoms with Crippen LogP contribution in [0.15, 0.2) is 0 Å². The van der Waals surface area contributed by atoms with Gasteiger partial charge in [-0.1, -0.05) is 13.8 Å². The van der Waals surface area contributed by atoms with Gasteiger partial charge in [-0.2, -0.15) is 0 Å². The fraction of sp³-hybridized carbons (Fsp3) is 0.750. The Morgan fingerprint density at radius 3 is 1.82 bits per heavy atom. The van der Waals surface area contributed by atoms with Crippen LogP contribution in [0.4, 0.5) is 0 Å². The normalized spacial score (nSPS) is 33.6. The second-order valence-corrected chi connectivity index (χ2v) is 3.00. The van der Waals surface area contributed by atoms with Gasteiger partial charge in [0, 0.05) is 11.8 Å². The molecule has 0 N–H and O–H groups in total. The van der Waals surface area contributed by atoms with Crippen molar-refractivity contribution < 1.29 is 14.3 Å². The molecular weight excluding hydrogens is 144 g/mol. The maximum Gasteiger partial charge on any atom is 0.161 e. The van der Waals surface area contributed by atoms with Crippen molar-refractivity contribution in [3.8, 4) is 0 Å². The van der Waals surface area contributed by atoms with Gasteiger partial charge < -0.3 is 4.74 Å². The molecule has 1 fully saturated rings. The number of hydrogen-bond acceptors (Lipinski definition) is 3. The molecule has 2 atom stereocenters. The minimum absolute atomic E-state index is 0.0309. The minimum Gasteiger partial charge on any atom is -0.366 e. The lowest BCUT2D eigenvalue weighted by Crippen LogP contribution is -2.23. The highest BCUT2D eigenvalue weighted by Gasteiger charge is 2.28. The van der Waals surface area contributed by atoms with Crippen molar-refractivity contribution in [1.82, 2.24) is 0 Å². The molecule has 0 aromatic carbocycles. The predicted octanol–water partition coefficient (Wildman–Crippen LogP) is 0.427. The standard InChI is InChI=1S/C8H12O3/c1-5-6(2)8(10)4-11-3-7(5)9/h5-6H,3-4H2,1-2H3. The highest BCUT2D eigenvalue weighted by Crippen LogP contribution is 2.16. The summed E-state index contributed by atoms with van der Waals surface area (Å²) < 4.78 is 4.86. The van der Waals surface area contributed by atoms with Gasteiger partial charge in [-0.15, -0.1) is 0 Å². The Morgan fingerprint density at radius 1 is 1.09 bits per heavy atom. The number of ether oxygens (including phenoxy) is 1. The monoisotopic (exact) mass is 156 g/mol. The maximum atomic E-state index is 11.1. The highest BCUT2D eigenvalue weighted by atomic mass is 16.5. The van der Waals surface area contributed by atoms with Gasteiger partial charge in [-0.05, 0) is 0 Å². The van der Waals surface area contributed by atoms with E-state index >= 15 is 0 Å². The van der Waals surface area contributed by atoms with Gasteiger partial charge in [-0.3, -0.25) is 9.59 Å². The lowest BCUT2D eigenvalue weighted by atomic mass is 9.90. The van der Waals surface area contributed by atoms with E-state index in [0.29, 0.717) is 0 Å². The SMILES string of the molecule is CC1C(=O)COCC(=O)C1C. The zero-order valence-corrected chi connectivity index (χ0v) is 6.79. The van der Waals surface area contributed by atoms with Crippen LogP contribution in [0, 0.1) is 11.8 Å². The van der Waals surface area contributed by atoms with Gasteiger partial charge in [0.2, 0.25) is 0 Å². The minimum atomic E-state index is -0.176. The Morgan fingerprint density at radius 2 is 1.45 bits per heavy atom. The smallest absolute Gasteiger partial charge is 0.161 e. The third kappa shape index (κ3) is 1.66. The summed E-state index contributed by atoms with van der Waals surface area (Å²) in [5, 5.41) is 0. The number of carbonyl (C=O) groups is 2. The second kappa shape index (κ2) is 3.13. The molecule has 0 saturated carbocycles. The van der Waals surface area contributed by atoms with Crippen molar-refractivity contribution in [2.45, 2.75) is 13.8 Å². The van der Waals surface area contributed by atoms with Gasteiger partial charge in [0.15, 0.2) is 11.6 Å². The summed E-state index contributed by atoms with van der Waals surface area (Å²) in [4.78, 5) is 22.2. The Labute approximate surface area is 65.7 Å². The Hall–Kier alpha value is -0.700. The zero-order chi connectivity index (χ0) is 8.43. The highest BCUT2D eigenvalue weighted by molar-refractivity contribution is 5.92. The quantitative estimate of drug-likeness (QED) is 0.510. The molecule has 0 aromatic heterocycles. The van der Waals surface area contributed by atoms with Gasteiger partial charge in [0.1, 0.15) is 13.2 Å². The molecule has 11 heavy (non-hydrogen) atoms. The van der Waals surface area contributed by atoms with E-state index in [4.69, 9.17) is 4.74 Å². The molecule has 1 aliphatic heterocycles. The summed E-state index contributed by atoms with van der Waals surface area (Å²) in [6.07, 6.45) is 0. The van der Waals surface area contributed by atoms with Crippen LogP contribution in [0.25, 0.3) is 0 Å². The van der Waals surface area contributed by atoms with Crippen LogP contribution >= 0.6 is 0 Å². The third-order valence-corrected chi connectivity index (χ3v) is 2.25. The first-order chi connectivity index (χ1) is 5.13. The van der Waals surface area contributed by atoms with E-state index in [1.807, 2.05) is 0 Å². The van der Waals surface area contributed by atoms with Crippen LogP contribution in [-0.4, -0.2) is 24.8 Å². The van der Waals surface area contributed by atoms with Crippen molar-refractivity contribution in [2.24, 2.45) is 11.8 Å². The van der Waals surface area contributed by atoms with E-state index in [-0.39, 0.29) is 36.6 Å². The number of hydrogen-bond donors (Lipinski definition) is 0. The number of rotatable bonds is 0. The van der Waals surface area contributed by atoms with E-state index in [0.717, 1.165) is 0 Å². The average molecular weight is 156 g/mol. The first-order valence-electron chi connectivity index (χ1n) is 3.76. The summed E-state index contributed by atoms with van der Waals surface area (Å²) in [5.74, 6) is -0.290. The molecule has 0 aromatic rings. The lowest BCUT2D eigenvalue weighted by molar-refractivity contribution is -0.127. The van der Waals surface area contributed by atoms with E-state index in [2.05, 4.69) is 0 Å². The van der Waals surface area contributed by atoms with E-state index in [9.17, 15) is 9.59 Å². The topological polar surface area (TPSA) is 43.4 Å². The Kier molecular flexibility index (Phi) is 2.39. The molecule has 1 aliphatic rings. The van der Waals surface area contributed by atoms with E-state index < -0.39 is 0 Å². The zero-order valence-electron chi connectivity index (χ0n) is 6.79. The summed E-state index contributed by atoms with van der Waals surface area (Å²) in [6.45, 7) is 3.74. The summed E-state index contributed by atoms with van der Waals surface area (Å²) in [6, 6.07) is 0. The third-order valence-electron chi connectivity index (χ3n) is 2.25. The van der Waals surface area contributed by atoms with Gasteiger partial charge in [0.05, 0.1) is 0 Å². The maximum absolute atomic E-state index is 11.1. The molecule has 1 saturated heterocycles. The Bertz CT molecular complexity index is 166. The first kappa shape index (κ1) is 8.40. The van der Waals surface area contributed by atoms with Crippen molar-refractivity contribution in [3.05, 3.63) is 0 Å². The molecular formula is C8H12O3. The molecule has 3 nitrogen and oxygen atoms in total. The van der Waals surface area contributed by atoms with Crippen molar-refractivity contribution in [2.75, 3.05) is 13.2 Å². The van der Waals surface area contributed by atoms with Crippen LogP contribution in [-0.2, 0) is 14.3 Å². The lowest BCUT2D eigenvalue weighted by Gasteiger charge is -2.11. The molecule has 2 unspecified atom stereocenters. The van der Waals surface area contributed by atoms with Gasteiger partial charge in [0.25, 0.3) is 0 Å². The summed E-state index contributed by atoms with van der Waals surface area (Å²) in [5.41, 5.74) is 0. The van der Waals surface area contributed by atoms with Gasteiger partial charge in [-0.25, -0.2) is 0 Å². The van der Waals surface area contributed by atoms with Crippen molar-refractivity contribution >= 4 is 11.6 Å². The molecule has 3 heteroatoms. The van der Waals surface area contributed by atoms with Crippen LogP contribution in [0.1, 0.15) is 13.8 Å². The van der Waals surface area contributed by atoms with Crippen LogP contribution in [0.2, 0.25) is 0 Å². The number of carbonyl (C=O) groups excluding carboxylic acids is 2. The fourth-order valence-electron chi connectivity index (χ4n) is 1.07. The van der Waals surface area contributed by atoms with E-state index in [1.54, 1.807) is 13.8 Å². The second-order valence-electron chi connectivity index (χ2n) is 3.00. The van der Waals surface area contributed by atoms with Crippen LogP contribution in [0.3, 0.4) is 0 Å². The number of ketones is 2. The molecule has 1 rings (SSSR count). The molecule has 0 radical (unpaired) electrons. The number of Topliss-reactive ketones (excluding diaryl/α,β-unsaturated/α-hetero) is 2. The van der Waals surface area contributed by atoms with Crippen LogP contribution < -0.4 is 0 Å². The molecule has 0 amide bonds. The molecule has 62 valence electrons. The largest absolute Gasteiger partial charge is 0.366 e. The summed E-state index contributed by atoms with van der Waals surface area (Å²) in [7, 11) is 0. The predicted molar refractivity (Wildman–Crippen MR) is 39.2 cm³/mol. The fourth-order valence-corrected chi connectivity index (χ4v) is 1.07.